The maximum atomic E-state index is 5.81. The molecule has 1 fully saturated rings. The summed E-state index contributed by atoms with van der Waals surface area (Å²) < 4.78 is 0. The quantitative estimate of drug-likeness (QED) is 0.910. The average molecular weight is 330 g/mol. The molecule has 0 unspecified atom stereocenters. The number of likely N-dealkylation sites (tertiary alicyclic amines) is 1. The van der Waals surface area contributed by atoms with Crippen molar-refractivity contribution in [2.75, 3.05) is 26.2 Å². The topological polar surface area (TPSA) is 42.1 Å². The van der Waals surface area contributed by atoms with Crippen LogP contribution in [0, 0.1) is 5.92 Å². The van der Waals surface area contributed by atoms with Gasteiger partial charge in [0.05, 0.1) is 5.69 Å². The summed E-state index contributed by atoms with van der Waals surface area (Å²) in [7, 11) is 0. The number of hydrogen-bond acceptors (Lipinski definition) is 4. The molecule has 2 aliphatic rings. The third-order valence-corrected chi connectivity index (χ3v) is 5.84. The first-order chi connectivity index (χ1) is 11.3. The average Bonchev–Trinajstić information content (AvgIpc) is 2.58. The van der Waals surface area contributed by atoms with Crippen LogP contribution in [0.3, 0.4) is 0 Å². The van der Waals surface area contributed by atoms with Crippen LogP contribution in [0.1, 0.15) is 37.8 Å². The van der Waals surface area contributed by atoms with Crippen molar-refractivity contribution in [3.05, 3.63) is 47.1 Å². The van der Waals surface area contributed by atoms with Crippen molar-refractivity contribution in [3.8, 4) is 0 Å². The standard InChI is InChI=1S/C19H27N3S/c20-14-16-9-12-22(13-10-16)15-17-6-2-1-3-8-19(23-17)18-7-4-5-11-21-18/h4-8,11,16H,1-3,9-10,12-15,20H2/b17-6-,19-8+. The Balaban J connectivity index is 1.63. The number of nitrogens with two attached hydrogens (primary N) is 1. The fourth-order valence-electron chi connectivity index (χ4n) is 3.20. The SMILES string of the molecule is NCC1CCN(C/C2=C/CCC/C=C(\c3ccccn3)S2)CC1. The van der Waals surface area contributed by atoms with Gasteiger partial charge in [0.2, 0.25) is 0 Å². The molecule has 1 aromatic rings. The van der Waals surface area contributed by atoms with Crippen LogP contribution in [-0.2, 0) is 0 Å². The fourth-order valence-corrected chi connectivity index (χ4v) is 4.36. The maximum Gasteiger partial charge on any atom is 0.0765 e. The van der Waals surface area contributed by atoms with E-state index in [4.69, 9.17) is 5.73 Å². The summed E-state index contributed by atoms with van der Waals surface area (Å²) in [5, 5.41) is 0. The number of thioether (sulfide) groups is 1. The molecule has 1 saturated heterocycles. The molecule has 0 radical (unpaired) electrons. The number of allylic oxidation sites excluding steroid dienone is 2. The highest BCUT2D eigenvalue weighted by Gasteiger charge is 2.19. The predicted octanol–water partition coefficient (Wildman–Crippen LogP) is 3.89. The Hall–Kier alpha value is -1.10. The molecule has 0 spiro atoms. The zero-order valence-corrected chi connectivity index (χ0v) is 14.6. The number of pyridine rings is 1. The summed E-state index contributed by atoms with van der Waals surface area (Å²) in [5.74, 6) is 0.731. The highest BCUT2D eigenvalue weighted by molar-refractivity contribution is 8.11. The van der Waals surface area contributed by atoms with Crippen molar-refractivity contribution in [2.24, 2.45) is 11.7 Å². The molecular weight excluding hydrogens is 302 g/mol. The summed E-state index contributed by atoms with van der Waals surface area (Å²) in [6.07, 6.45) is 12.7. The lowest BCUT2D eigenvalue weighted by Crippen LogP contribution is -2.36. The van der Waals surface area contributed by atoms with Gasteiger partial charge in [-0.05, 0) is 74.7 Å². The van der Waals surface area contributed by atoms with Gasteiger partial charge in [0.15, 0.2) is 0 Å². The molecule has 1 aromatic heterocycles. The van der Waals surface area contributed by atoms with E-state index in [0.717, 1.165) is 31.1 Å². The predicted molar refractivity (Wildman–Crippen MR) is 100.0 cm³/mol. The summed E-state index contributed by atoms with van der Waals surface area (Å²) >= 11 is 1.91. The number of aromatic nitrogens is 1. The normalized spacial score (nSPS) is 25.8. The van der Waals surface area contributed by atoms with E-state index in [1.54, 1.807) is 0 Å². The zero-order chi connectivity index (χ0) is 15.9. The minimum atomic E-state index is 0.731. The van der Waals surface area contributed by atoms with Crippen LogP contribution in [0.5, 0.6) is 0 Å². The number of hydrogen-bond donors (Lipinski definition) is 1. The highest BCUT2D eigenvalue weighted by atomic mass is 32.2. The first-order valence-corrected chi connectivity index (χ1v) is 9.57. The van der Waals surface area contributed by atoms with Gasteiger partial charge in [-0.3, -0.25) is 9.88 Å². The molecule has 0 aliphatic carbocycles. The van der Waals surface area contributed by atoms with Crippen molar-refractivity contribution < 1.29 is 0 Å². The summed E-state index contributed by atoms with van der Waals surface area (Å²) in [6.45, 7) is 4.29. The van der Waals surface area contributed by atoms with Crippen molar-refractivity contribution in [2.45, 2.75) is 32.1 Å². The lowest BCUT2D eigenvalue weighted by atomic mass is 9.97. The second-order valence-electron chi connectivity index (χ2n) is 6.44. The van der Waals surface area contributed by atoms with E-state index in [2.05, 4.69) is 34.2 Å². The van der Waals surface area contributed by atoms with Crippen LogP contribution in [0.4, 0.5) is 0 Å². The molecule has 2 aliphatic heterocycles. The van der Waals surface area contributed by atoms with Gasteiger partial charge in [-0.15, -0.1) is 0 Å². The van der Waals surface area contributed by atoms with Crippen molar-refractivity contribution in [1.29, 1.82) is 0 Å². The minimum Gasteiger partial charge on any atom is -0.330 e. The Bertz CT molecular complexity index is 545. The number of rotatable bonds is 4. The molecule has 0 saturated carbocycles. The van der Waals surface area contributed by atoms with Gasteiger partial charge in [0.25, 0.3) is 0 Å². The van der Waals surface area contributed by atoms with Crippen molar-refractivity contribution in [3.63, 3.8) is 0 Å². The molecule has 23 heavy (non-hydrogen) atoms. The van der Waals surface area contributed by atoms with Gasteiger partial charge in [0.1, 0.15) is 0 Å². The van der Waals surface area contributed by atoms with E-state index in [9.17, 15) is 0 Å². The van der Waals surface area contributed by atoms with E-state index >= 15 is 0 Å². The van der Waals surface area contributed by atoms with Crippen LogP contribution in [0.2, 0.25) is 0 Å². The molecule has 0 atom stereocenters. The minimum absolute atomic E-state index is 0.731. The van der Waals surface area contributed by atoms with Crippen LogP contribution in [0.15, 0.2) is 41.5 Å². The third kappa shape index (κ3) is 4.93. The lowest BCUT2D eigenvalue weighted by Gasteiger charge is -2.32. The van der Waals surface area contributed by atoms with Gasteiger partial charge in [-0.1, -0.05) is 30.0 Å². The second-order valence-corrected chi connectivity index (χ2v) is 7.61. The summed E-state index contributed by atoms with van der Waals surface area (Å²) in [5.41, 5.74) is 6.91. The van der Waals surface area contributed by atoms with Crippen molar-refractivity contribution in [1.82, 2.24) is 9.88 Å². The van der Waals surface area contributed by atoms with E-state index in [1.165, 1.54) is 48.6 Å². The summed E-state index contributed by atoms with van der Waals surface area (Å²) in [4.78, 5) is 9.91. The Kier molecular flexibility index (Phi) is 6.31. The monoisotopic (exact) mass is 329 g/mol. The summed E-state index contributed by atoms with van der Waals surface area (Å²) in [6, 6.07) is 6.17. The molecule has 124 valence electrons. The van der Waals surface area contributed by atoms with Crippen LogP contribution < -0.4 is 5.73 Å². The molecular formula is C19H27N3S. The molecule has 2 N–H and O–H groups in total. The molecule has 0 amide bonds. The van der Waals surface area contributed by atoms with Gasteiger partial charge in [0, 0.05) is 17.6 Å². The number of piperidine rings is 1. The first kappa shape index (κ1) is 16.7. The molecule has 3 nitrogen and oxygen atoms in total. The molecule has 0 aromatic carbocycles. The van der Waals surface area contributed by atoms with Crippen LogP contribution in [-0.4, -0.2) is 36.1 Å². The van der Waals surface area contributed by atoms with Crippen LogP contribution >= 0.6 is 11.8 Å². The second kappa shape index (κ2) is 8.67. The van der Waals surface area contributed by atoms with E-state index < -0.39 is 0 Å². The van der Waals surface area contributed by atoms with Crippen molar-refractivity contribution >= 4 is 16.7 Å². The third-order valence-electron chi connectivity index (χ3n) is 4.69. The molecule has 4 heteroatoms. The zero-order valence-electron chi connectivity index (χ0n) is 13.8. The van der Waals surface area contributed by atoms with Gasteiger partial charge >= 0.3 is 0 Å². The fraction of sp³-hybridized carbons (Fsp3) is 0.526. The van der Waals surface area contributed by atoms with E-state index in [1.807, 2.05) is 24.0 Å². The van der Waals surface area contributed by atoms with E-state index in [0.29, 0.717) is 0 Å². The Morgan fingerprint density at radius 1 is 1.17 bits per heavy atom. The largest absolute Gasteiger partial charge is 0.330 e. The molecule has 3 rings (SSSR count). The Morgan fingerprint density at radius 2 is 2.00 bits per heavy atom. The Labute approximate surface area is 144 Å². The van der Waals surface area contributed by atoms with Crippen LogP contribution in [0.25, 0.3) is 4.91 Å². The highest BCUT2D eigenvalue weighted by Crippen LogP contribution is 2.36. The molecule has 0 bridgehead atoms. The molecule has 3 heterocycles. The van der Waals surface area contributed by atoms with Gasteiger partial charge in [-0.25, -0.2) is 0 Å². The smallest absolute Gasteiger partial charge is 0.0765 e. The maximum absolute atomic E-state index is 5.81. The Morgan fingerprint density at radius 3 is 2.74 bits per heavy atom. The van der Waals surface area contributed by atoms with Gasteiger partial charge < -0.3 is 5.73 Å². The van der Waals surface area contributed by atoms with Gasteiger partial charge in [-0.2, -0.15) is 0 Å². The number of nitrogens with zero attached hydrogens (tertiary/aromatic N) is 2. The first-order valence-electron chi connectivity index (χ1n) is 8.76. The lowest BCUT2D eigenvalue weighted by molar-refractivity contribution is 0.203. The van der Waals surface area contributed by atoms with E-state index in [-0.39, 0.29) is 0 Å².